The molecule has 0 amide bonds. The maximum Gasteiger partial charge on any atom is 0.306 e. The molecule has 0 aliphatic rings. The summed E-state index contributed by atoms with van der Waals surface area (Å²) < 4.78 is 22.5. The van der Waals surface area contributed by atoms with E-state index in [1.54, 1.807) is 0 Å². The highest BCUT2D eigenvalue weighted by molar-refractivity contribution is 5.70. The summed E-state index contributed by atoms with van der Waals surface area (Å²) in [7, 11) is 5.90. The van der Waals surface area contributed by atoms with Crippen LogP contribution in [-0.4, -0.2) is 82.3 Å². The summed E-state index contributed by atoms with van der Waals surface area (Å²) >= 11 is 0. The fourth-order valence-electron chi connectivity index (χ4n) is 5.93. The van der Waals surface area contributed by atoms with Gasteiger partial charge in [0.1, 0.15) is 13.2 Å². The molecule has 9 nitrogen and oxygen atoms in total. The van der Waals surface area contributed by atoms with Crippen molar-refractivity contribution < 1.29 is 42.9 Å². The van der Waals surface area contributed by atoms with Crippen molar-refractivity contribution in [1.82, 2.24) is 0 Å². The van der Waals surface area contributed by atoms with E-state index in [2.05, 4.69) is 74.6 Å². The maximum absolute atomic E-state index is 12.8. The summed E-state index contributed by atoms with van der Waals surface area (Å²) in [5.74, 6) is -2.31. The quantitative estimate of drug-likeness (QED) is 0.0197. The third-order valence-electron chi connectivity index (χ3n) is 9.50. The van der Waals surface area contributed by atoms with Gasteiger partial charge in [-0.1, -0.05) is 145 Å². The number of quaternary nitrogens is 1. The maximum atomic E-state index is 12.8. The molecule has 2 atom stereocenters. The fraction of sp³-hybridized carbons (Fsp3) is 0.735. The van der Waals surface area contributed by atoms with Crippen LogP contribution in [0.1, 0.15) is 174 Å². The zero-order valence-electron chi connectivity index (χ0n) is 37.6. The number of carbonyl (C=O) groups excluding carboxylic acids is 3. The second kappa shape index (κ2) is 40.8. The number of aliphatic carboxylic acids is 1. The van der Waals surface area contributed by atoms with Crippen LogP contribution in [0, 0.1) is 0 Å². The molecule has 0 saturated heterocycles. The molecular weight excluding hydrogens is 731 g/mol. The van der Waals surface area contributed by atoms with E-state index in [4.69, 9.17) is 18.9 Å². The van der Waals surface area contributed by atoms with Crippen LogP contribution in [0.2, 0.25) is 0 Å². The predicted molar refractivity (Wildman–Crippen MR) is 237 cm³/mol. The second-order valence-electron chi connectivity index (χ2n) is 16.3. The van der Waals surface area contributed by atoms with Crippen LogP contribution in [0.3, 0.4) is 0 Å². The molecule has 0 saturated carbocycles. The van der Waals surface area contributed by atoms with E-state index in [1.807, 2.05) is 21.1 Å². The van der Waals surface area contributed by atoms with Gasteiger partial charge in [-0.25, -0.2) is 0 Å². The minimum atomic E-state index is -1.63. The molecule has 0 aromatic rings. The summed E-state index contributed by atoms with van der Waals surface area (Å²) in [6.07, 6.45) is 45.3. The number of hydrogen-bond acceptors (Lipinski definition) is 8. The van der Waals surface area contributed by atoms with E-state index in [0.29, 0.717) is 17.4 Å². The Hall–Kier alpha value is -3.01. The topological polar surface area (TPSA) is 111 Å². The van der Waals surface area contributed by atoms with Gasteiger partial charge in [-0.3, -0.25) is 9.59 Å². The van der Waals surface area contributed by atoms with Crippen molar-refractivity contribution in [3.05, 3.63) is 60.8 Å². The Morgan fingerprint density at radius 1 is 0.534 bits per heavy atom. The standard InChI is InChI=1S/C49H85NO8/c1-6-8-10-12-14-16-18-20-21-22-23-24-25-26-27-28-30-32-34-36-38-40-47(52)58-45(44-57-49(48(53)54)55-42-41-50(3,4)5)43-56-46(51)39-37-35-33-31-29-19-17-15-13-11-9-7-2/h8,10,14-17,20-21,23-24,45,49H,6-7,9,11-13,18-19,22,25-44H2,1-5H3/b10-8-,16-14-,17-15-,21-20-,24-23-. The molecule has 0 rings (SSSR count). The average molecular weight is 816 g/mol. The third-order valence-corrected chi connectivity index (χ3v) is 9.50. The van der Waals surface area contributed by atoms with Gasteiger partial charge in [0.2, 0.25) is 0 Å². The molecule has 0 aliphatic carbocycles. The van der Waals surface area contributed by atoms with Crippen molar-refractivity contribution in [3.8, 4) is 0 Å². The number of hydrogen-bond donors (Lipinski definition) is 0. The number of carboxylic acids is 1. The van der Waals surface area contributed by atoms with Crippen LogP contribution >= 0.6 is 0 Å². The monoisotopic (exact) mass is 816 g/mol. The molecule has 0 bridgehead atoms. The number of allylic oxidation sites excluding steroid dienone is 10. The van der Waals surface area contributed by atoms with Crippen LogP contribution in [0.25, 0.3) is 0 Å². The van der Waals surface area contributed by atoms with Crippen molar-refractivity contribution in [3.63, 3.8) is 0 Å². The lowest BCUT2D eigenvalue weighted by Crippen LogP contribution is -2.44. The Morgan fingerprint density at radius 2 is 0.983 bits per heavy atom. The first-order valence-corrected chi connectivity index (χ1v) is 22.9. The number of carboxylic acid groups (broad SMARTS) is 1. The molecule has 0 fully saturated rings. The van der Waals surface area contributed by atoms with E-state index in [9.17, 15) is 19.5 Å². The number of likely N-dealkylation sites (N-methyl/N-ethyl adjacent to an activating group) is 1. The Bertz CT molecular complexity index is 1140. The highest BCUT2D eigenvalue weighted by Crippen LogP contribution is 2.13. The lowest BCUT2D eigenvalue weighted by Gasteiger charge is -2.26. The van der Waals surface area contributed by atoms with Gasteiger partial charge in [-0.05, 0) is 77.0 Å². The van der Waals surface area contributed by atoms with Gasteiger partial charge in [0.25, 0.3) is 0 Å². The Morgan fingerprint density at radius 3 is 1.48 bits per heavy atom. The first-order valence-electron chi connectivity index (χ1n) is 22.9. The first-order chi connectivity index (χ1) is 28.1. The highest BCUT2D eigenvalue weighted by atomic mass is 16.7. The van der Waals surface area contributed by atoms with Gasteiger partial charge in [-0.2, -0.15) is 0 Å². The normalized spacial score (nSPS) is 13.5. The minimum absolute atomic E-state index is 0.142. The van der Waals surface area contributed by atoms with E-state index < -0.39 is 24.3 Å². The summed E-state index contributed by atoms with van der Waals surface area (Å²) in [5, 5.41) is 11.7. The molecule has 0 N–H and O–H groups in total. The van der Waals surface area contributed by atoms with Gasteiger partial charge in [-0.15, -0.1) is 0 Å². The number of ether oxygens (including phenoxy) is 4. The lowest BCUT2D eigenvalue weighted by molar-refractivity contribution is -0.870. The molecule has 0 aromatic carbocycles. The van der Waals surface area contributed by atoms with Crippen LogP contribution in [0.5, 0.6) is 0 Å². The van der Waals surface area contributed by atoms with Crippen LogP contribution in [0.15, 0.2) is 60.8 Å². The fourth-order valence-corrected chi connectivity index (χ4v) is 5.93. The van der Waals surface area contributed by atoms with Crippen LogP contribution in [0.4, 0.5) is 0 Å². The van der Waals surface area contributed by atoms with Gasteiger partial charge >= 0.3 is 11.9 Å². The molecular formula is C49H85NO8. The Labute approximate surface area is 355 Å². The summed E-state index contributed by atoms with van der Waals surface area (Å²) in [6, 6.07) is 0. The zero-order chi connectivity index (χ0) is 42.8. The molecule has 2 unspecified atom stereocenters. The van der Waals surface area contributed by atoms with Crippen molar-refractivity contribution in [2.24, 2.45) is 0 Å². The average Bonchev–Trinajstić information content (AvgIpc) is 3.18. The van der Waals surface area contributed by atoms with Gasteiger partial charge in [0.15, 0.2) is 12.4 Å². The molecule has 58 heavy (non-hydrogen) atoms. The van der Waals surface area contributed by atoms with Gasteiger partial charge in [0, 0.05) is 12.8 Å². The second-order valence-corrected chi connectivity index (χ2v) is 16.3. The van der Waals surface area contributed by atoms with E-state index >= 15 is 0 Å². The largest absolute Gasteiger partial charge is 0.545 e. The van der Waals surface area contributed by atoms with E-state index in [1.165, 1.54) is 51.4 Å². The van der Waals surface area contributed by atoms with Crippen molar-refractivity contribution >= 4 is 17.9 Å². The number of nitrogens with zero attached hydrogens (tertiary/aromatic N) is 1. The van der Waals surface area contributed by atoms with Crippen molar-refractivity contribution in [2.75, 3.05) is 47.5 Å². The highest BCUT2D eigenvalue weighted by Gasteiger charge is 2.21. The zero-order valence-corrected chi connectivity index (χ0v) is 37.6. The predicted octanol–water partition coefficient (Wildman–Crippen LogP) is 10.8. The van der Waals surface area contributed by atoms with Crippen molar-refractivity contribution in [2.45, 2.75) is 187 Å². The number of carbonyl (C=O) groups is 3. The number of rotatable bonds is 41. The molecule has 0 radical (unpaired) electrons. The number of esters is 2. The van der Waals surface area contributed by atoms with Crippen molar-refractivity contribution in [1.29, 1.82) is 0 Å². The molecule has 9 heteroatoms. The van der Waals surface area contributed by atoms with Crippen LogP contribution in [-0.2, 0) is 33.3 Å². The summed E-state index contributed by atoms with van der Waals surface area (Å²) in [4.78, 5) is 37.0. The SMILES string of the molecule is CC/C=C\C/C=C\C/C=C\C/C=C\CCCCCCCCCCC(=O)OC(COC(=O)CCCCCCC/C=C\CCCCC)COC(OCC[N+](C)(C)C)C(=O)[O-]. The molecule has 0 spiro atoms. The first kappa shape index (κ1) is 55.0. The summed E-state index contributed by atoms with van der Waals surface area (Å²) in [6.45, 7) is 4.57. The van der Waals surface area contributed by atoms with Gasteiger partial charge < -0.3 is 33.3 Å². The smallest absolute Gasteiger partial charge is 0.306 e. The molecule has 0 aliphatic heterocycles. The van der Waals surface area contributed by atoms with E-state index in [0.717, 1.165) is 89.9 Å². The molecule has 334 valence electrons. The number of unbranched alkanes of at least 4 members (excludes halogenated alkanes) is 16. The Kier molecular flexibility index (Phi) is 38.6. The van der Waals surface area contributed by atoms with E-state index in [-0.39, 0.29) is 38.6 Å². The third kappa shape index (κ3) is 41.2. The minimum Gasteiger partial charge on any atom is -0.545 e. The molecule has 0 heterocycles. The van der Waals surface area contributed by atoms with Crippen LogP contribution < -0.4 is 5.11 Å². The lowest BCUT2D eigenvalue weighted by atomic mass is 10.1. The Balaban J connectivity index is 4.42. The molecule has 0 aromatic heterocycles. The van der Waals surface area contributed by atoms with Gasteiger partial charge in [0.05, 0.1) is 40.3 Å². The summed E-state index contributed by atoms with van der Waals surface area (Å²) in [5.41, 5.74) is 0.